The van der Waals surface area contributed by atoms with Crippen LogP contribution in [-0.2, 0) is 4.79 Å². The molecular formula is C12H17ClN2O2. The second-order valence-electron chi connectivity index (χ2n) is 3.90. The van der Waals surface area contributed by atoms with Crippen molar-refractivity contribution in [3.63, 3.8) is 0 Å². The minimum atomic E-state index is -0.124. The molecule has 0 saturated heterocycles. The number of carbonyl (C=O) groups excluding carboxylic acids is 1. The molecule has 1 aromatic carbocycles. The fourth-order valence-electron chi connectivity index (χ4n) is 1.28. The number of benzene rings is 1. The van der Waals surface area contributed by atoms with Gasteiger partial charge in [-0.05, 0) is 32.0 Å². The van der Waals surface area contributed by atoms with Gasteiger partial charge in [-0.15, -0.1) is 0 Å². The van der Waals surface area contributed by atoms with Crippen LogP contribution in [-0.4, -0.2) is 18.6 Å². The van der Waals surface area contributed by atoms with Crippen molar-refractivity contribution < 1.29 is 9.53 Å². The third-order valence-electron chi connectivity index (χ3n) is 1.95. The molecule has 0 spiro atoms. The van der Waals surface area contributed by atoms with Gasteiger partial charge in [-0.3, -0.25) is 4.79 Å². The zero-order valence-electron chi connectivity index (χ0n) is 10.00. The van der Waals surface area contributed by atoms with Gasteiger partial charge in [0.2, 0.25) is 5.91 Å². The first-order valence-corrected chi connectivity index (χ1v) is 5.87. The second-order valence-corrected chi connectivity index (χ2v) is 4.31. The Hall–Kier alpha value is -1.26. The molecule has 0 fully saturated rings. The van der Waals surface area contributed by atoms with E-state index in [0.717, 1.165) is 0 Å². The molecule has 1 aromatic rings. The van der Waals surface area contributed by atoms with Crippen LogP contribution in [0.25, 0.3) is 0 Å². The number of nitrogens with one attached hydrogen (secondary N) is 1. The molecule has 1 rings (SSSR count). The summed E-state index contributed by atoms with van der Waals surface area (Å²) < 4.78 is 5.49. The Morgan fingerprint density at radius 1 is 1.53 bits per heavy atom. The summed E-state index contributed by atoms with van der Waals surface area (Å²) >= 11 is 6.03. The number of nitrogens with two attached hydrogens (primary N) is 1. The van der Waals surface area contributed by atoms with E-state index in [0.29, 0.717) is 29.4 Å². The first-order valence-electron chi connectivity index (χ1n) is 5.49. The number of hydrogen-bond donors (Lipinski definition) is 2. The van der Waals surface area contributed by atoms with Gasteiger partial charge in [-0.2, -0.15) is 0 Å². The molecule has 17 heavy (non-hydrogen) atoms. The quantitative estimate of drug-likeness (QED) is 0.850. The summed E-state index contributed by atoms with van der Waals surface area (Å²) in [5.41, 5.74) is 5.93. The van der Waals surface area contributed by atoms with Crippen LogP contribution >= 0.6 is 11.6 Å². The van der Waals surface area contributed by atoms with Gasteiger partial charge in [0.1, 0.15) is 5.75 Å². The predicted octanol–water partition coefficient (Wildman–Crippen LogP) is 2.41. The molecule has 0 bridgehead atoms. The van der Waals surface area contributed by atoms with E-state index >= 15 is 0 Å². The van der Waals surface area contributed by atoms with Gasteiger partial charge in [0.25, 0.3) is 0 Å². The maximum Gasteiger partial charge on any atom is 0.225 e. The summed E-state index contributed by atoms with van der Waals surface area (Å²) in [5.74, 6) is 0.486. The predicted molar refractivity (Wildman–Crippen MR) is 69.5 cm³/mol. The molecule has 0 saturated carbocycles. The number of rotatable bonds is 5. The number of ether oxygens (including phenoxy) is 1. The second kappa shape index (κ2) is 6.47. The monoisotopic (exact) mass is 256 g/mol. The lowest BCUT2D eigenvalue weighted by atomic mass is 10.3. The Morgan fingerprint density at radius 2 is 2.24 bits per heavy atom. The number of hydrogen-bond acceptors (Lipinski definition) is 3. The minimum absolute atomic E-state index is 0.0604. The average molecular weight is 257 g/mol. The molecule has 3 N–H and O–H groups in total. The Morgan fingerprint density at radius 3 is 2.76 bits per heavy atom. The zero-order chi connectivity index (χ0) is 12.8. The largest absolute Gasteiger partial charge is 0.489 e. The van der Waals surface area contributed by atoms with E-state index in [1.54, 1.807) is 18.2 Å². The third-order valence-corrected chi connectivity index (χ3v) is 2.25. The molecule has 0 aliphatic carbocycles. The molecular weight excluding hydrogens is 240 g/mol. The van der Waals surface area contributed by atoms with E-state index in [1.807, 2.05) is 13.8 Å². The standard InChI is InChI=1S/C12H17ClN2O2/c1-8(2)17-11-4-3-9(7-10(11)13)15-12(16)5-6-14/h3-4,7-8H,5-6,14H2,1-2H3,(H,15,16). The van der Waals surface area contributed by atoms with Crippen LogP contribution in [0.4, 0.5) is 5.69 Å². The van der Waals surface area contributed by atoms with Crippen LogP contribution in [0.1, 0.15) is 20.3 Å². The smallest absolute Gasteiger partial charge is 0.225 e. The van der Waals surface area contributed by atoms with E-state index in [2.05, 4.69) is 5.32 Å². The summed E-state index contributed by atoms with van der Waals surface area (Å²) in [5, 5.41) is 3.18. The van der Waals surface area contributed by atoms with Gasteiger partial charge >= 0.3 is 0 Å². The summed E-state index contributed by atoms with van der Waals surface area (Å²) in [6.45, 7) is 4.18. The van der Waals surface area contributed by atoms with Crippen molar-refractivity contribution in [2.45, 2.75) is 26.4 Å². The Kier molecular flexibility index (Phi) is 5.25. The molecule has 0 aliphatic rings. The molecule has 0 aliphatic heterocycles. The lowest BCUT2D eigenvalue weighted by Crippen LogP contribution is -2.16. The van der Waals surface area contributed by atoms with Gasteiger partial charge in [-0.1, -0.05) is 11.6 Å². The molecule has 0 atom stereocenters. The van der Waals surface area contributed by atoms with Crippen LogP contribution in [0.15, 0.2) is 18.2 Å². The van der Waals surface area contributed by atoms with Crippen LogP contribution in [0.3, 0.4) is 0 Å². The van der Waals surface area contributed by atoms with Crippen molar-refractivity contribution in [2.75, 3.05) is 11.9 Å². The van der Waals surface area contributed by atoms with Crippen LogP contribution in [0.5, 0.6) is 5.75 Å². The summed E-state index contributed by atoms with van der Waals surface area (Å²) in [7, 11) is 0. The van der Waals surface area contributed by atoms with Crippen LogP contribution < -0.4 is 15.8 Å². The SMILES string of the molecule is CC(C)Oc1ccc(NC(=O)CCN)cc1Cl. The van der Waals surface area contributed by atoms with Crippen molar-refractivity contribution >= 4 is 23.2 Å². The summed E-state index contributed by atoms with van der Waals surface area (Å²) in [6.07, 6.45) is 0.354. The Labute approximate surface area is 106 Å². The fourth-order valence-corrected chi connectivity index (χ4v) is 1.51. The van der Waals surface area contributed by atoms with E-state index < -0.39 is 0 Å². The van der Waals surface area contributed by atoms with Gasteiger partial charge in [0.05, 0.1) is 11.1 Å². The van der Waals surface area contributed by atoms with Crippen LogP contribution in [0.2, 0.25) is 5.02 Å². The van der Waals surface area contributed by atoms with E-state index in [1.165, 1.54) is 0 Å². The van der Waals surface area contributed by atoms with E-state index in [9.17, 15) is 4.79 Å². The first kappa shape index (κ1) is 13.8. The molecule has 0 aromatic heterocycles. The van der Waals surface area contributed by atoms with Crippen molar-refractivity contribution in [3.05, 3.63) is 23.2 Å². The molecule has 0 heterocycles. The third kappa shape index (κ3) is 4.63. The van der Waals surface area contributed by atoms with Gasteiger partial charge in [0, 0.05) is 18.7 Å². The highest BCUT2D eigenvalue weighted by Crippen LogP contribution is 2.28. The maximum atomic E-state index is 11.3. The number of carbonyl (C=O) groups is 1. The van der Waals surface area contributed by atoms with Crippen molar-refractivity contribution in [1.29, 1.82) is 0 Å². The minimum Gasteiger partial charge on any atom is -0.489 e. The number of amides is 1. The molecule has 5 heteroatoms. The molecule has 0 radical (unpaired) electrons. The topological polar surface area (TPSA) is 64.3 Å². The normalized spacial score (nSPS) is 10.4. The van der Waals surface area contributed by atoms with Gasteiger partial charge in [-0.25, -0.2) is 0 Å². The maximum absolute atomic E-state index is 11.3. The lowest BCUT2D eigenvalue weighted by molar-refractivity contribution is -0.116. The first-order chi connectivity index (χ1) is 8.02. The zero-order valence-corrected chi connectivity index (χ0v) is 10.8. The molecule has 0 unspecified atom stereocenters. The van der Waals surface area contributed by atoms with E-state index in [4.69, 9.17) is 22.1 Å². The number of anilines is 1. The Bertz CT molecular complexity index is 394. The van der Waals surface area contributed by atoms with Gasteiger partial charge < -0.3 is 15.8 Å². The average Bonchev–Trinajstić information content (AvgIpc) is 2.22. The number of halogens is 1. The van der Waals surface area contributed by atoms with Crippen LogP contribution in [0, 0.1) is 0 Å². The van der Waals surface area contributed by atoms with E-state index in [-0.39, 0.29) is 12.0 Å². The summed E-state index contributed by atoms with van der Waals surface area (Å²) in [6, 6.07) is 5.14. The van der Waals surface area contributed by atoms with Crippen molar-refractivity contribution in [3.8, 4) is 5.75 Å². The highest BCUT2D eigenvalue weighted by Gasteiger charge is 2.06. The van der Waals surface area contributed by atoms with Crippen molar-refractivity contribution in [1.82, 2.24) is 0 Å². The highest BCUT2D eigenvalue weighted by molar-refractivity contribution is 6.32. The molecule has 94 valence electrons. The fraction of sp³-hybridized carbons (Fsp3) is 0.417. The van der Waals surface area contributed by atoms with Crippen molar-refractivity contribution in [2.24, 2.45) is 5.73 Å². The van der Waals surface area contributed by atoms with Gasteiger partial charge in [0.15, 0.2) is 0 Å². The molecule has 4 nitrogen and oxygen atoms in total. The molecule has 1 amide bonds. The lowest BCUT2D eigenvalue weighted by Gasteiger charge is -2.12. The Balaban J connectivity index is 2.71. The summed E-state index contributed by atoms with van der Waals surface area (Å²) in [4.78, 5) is 11.3. The highest BCUT2D eigenvalue weighted by atomic mass is 35.5.